The number of nitrogen functional groups attached to an aromatic ring is 1. The Morgan fingerprint density at radius 1 is 1.30 bits per heavy atom. The van der Waals surface area contributed by atoms with Crippen LogP contribution < -0.4 is 11.1 Å². The molecular weight excluding hydrogens is 248 g/mol. The number of rotatable bonds is 3. The SMILES string of the molecule is CC1CCCC(CNc2cc(N)nc(C(C)(C)C)n2)C1. The van der Waals surface area contributed by atoms with Gasteiger partial charge in [-0.1, -0.05) is 40.5 Å². The third kappa shape index (κ3) is 4.09. The van der Waals surface area contributed by atoms with Crippen molar-refractivity contribution in [1.82, 2.24) is 9.97 Å². The number of nitrogens with zero attached hydrogens (tertiary/aromatic N) is 2. The molecule has 20 heavy (non-hydrogen) atoms. The second kappa shape index (κ2) is 5.98. The van der Waals surface area contributed by atoms with Crippen molar-refractivity contribution in [3.63, 3.8) is 0 Å². The van der Waals surface area contributed by atoms with E-state index in [4.69, 9.17) is 5.73 Å². The van der Waals surface area contributed by atoms with Crippen molar-refractivity contribution < 1.29 is 0 Å². The minimum atomic E-state index is -0.0782. The van der Waals surface area contributed by atoms with E-state index in [2.05, 4.69) is 43.0 Å². The lowest BCUT2D eigenvalue weighted by molar-refractivity contribution is 0.293. The average molecular weight is 276 g/mol. The summed E-state index contributed by atoms with van der Waals surface area (Å²) in [4.78, 5) is 8.94. The fourth-order valence-corrected chi connectivity index (χ4v) is 2.89. The molecule has 3 N–H and O–H groups in total. The summed E-state index contributed by atoms with van der Waals surface area (Å²) in [7, 11) is 0. The number of aromatic nitrogens is 2. The van der Waals surface area contributed by atoms with E-state index in [0.29, 0.717) is 5.82 Å². The van der Waals surface area contributed by atoms with Gasteiger partial charge in [-0.2, -0.15) is 0 Å². The Bertz CT molecular complexity index is 450. The van der Waals surface area contributed by atoms with Crippen LogP contribution in [0.5, 0.6) is 0 Å². The van der Waals surface area contributed by atoms with E-state index in [9.17, 15) is 0 Å². The molecule has 0 bridgehead atoms. The van der Waals surface area contributed by atoms with Crippen LogP contribution in [0.15, 0.2) is 6.07 Å². The molecule has 0 saturated heterocycles. The standard InChI is InChI=1S/C16H28N4/c1-11-6-5-7-12(8-11)10-18-14-9-13(17)19-15(20-14)16(2,3)4/h9,11-12H,5-8,10H2,1-4H3,(H3,17,18,19,20). The van der Waals surface area contributed by atoms with Gasteiger partial charge in [0.1, 0.15) is 17.5 Å². The van der Waals surface area contributed by atoms with Gasteiger partial charge in [0.2, 0.25) is 0 Å². The molecule has 112 valence electrons. The van der Waals surface area contributed by atoms with E-state index < -0.39 is 0 Å². The van der Waals surface area contributed by atoms with E-state index in [1.165, 1.54) is 25.7 Å². The van der Waals surface area contributed by atoms with Gasteiger partial charge in [-0.25, -0.2) is 9.97 Å². The smallest absolute Gasteiger partial charge is 0.138 e. The van der Waals surface area contributed by atoms with Crippen LogP contribution in [0.1, 0.15) is 59.2 Å². The summed E-state index contributed by atoms with van der Waals surface area (Å²) >= 11 is 0. The van der Waals surface area contributed by atoms with Gasteiger partial charge in [0.15, 0.2) is 0 Å². The predicted octanol–water partition coefficient (Wildman–Crippen LogP) is 3.59. The Labute approximate surface area is 122 Å². The van der Waals surface area contributed by atoms with Gasteiger partial charge in [-0.05, 0) is 24.7 Å². The van der Waals surface area contributed by atoms with Crippen molar-refractivity contribution in [1.29, 1.82) is 0 Å². The summed E-state index contributed by atoms with van der Waals surface area (Å²) in [6.45, 7) is 9.66. The Hall–Kier alpha value is -1.32. The lowest BCUT2D eigenvalue weighted by Crippen LogP contribution is -2.23. The van der Waals surface area contributed by atoms with Gasteiger partial charge in [0.25, 0.3) is 0 Å². The molecule has 2 atom stereocenters. The van der Waals surface area contributed by atoms with Gasteiger partial charge < -0.3 is 11.1 Å². The minimum Gasteiger partial charge on any atom is -0.384 e. The lowest BCUT2D eigenvalue weighted by atomic mass is 9.82. The van der Waals surface area contributed by atoms with E-state index in [-0.39, 0.29) is 5.41 Å². The molecule has 0 amide bonds. The molecule has 1 heterocycles. The van der Waals surface area contributed by atoms with Crippen molar-refractivity contribution in [2.45, 2.75) is 58.8 Å². The predicted molar refractivity (Wildman–Crippen MR) is 84.8 cm³/mol. The van der Waals surface area contributed by atoms with Crippen LogP contribution in [0, 0.1) is 11.8 Å². The molecule has 1 aliphatic rings. The minimum absolute atomic E-state index is 0.0782. The molecule has 1 aliphatic carbocycles. The molecular formula is C16H28N4. The number of hydrogen-bond acceptors (Lipinski definition) is 4. The Morgan fingerprint density at radius 2 is 2.05 bits per heavy atom. The first-order valence-corrected chi connectivity index (χ1v) is 7.73. The zero-order valence-corrected chi connectivity index (χ0v) is 13.2. The topological polar surface area (TPSA) is 63.8 Å². The maximum Gasteiger partial charge on any atom is 0.138 e. The molecule has 0 aliphatic heterocycles. The fraction of sp³-hybridized carbons (Fsp3) is 0.750. The van der Waals surface area contributed by atoms with Gasteiger partial charge in [-0.15, -0.1) is 0 Å². The number of nitrogens with one attached hydrogen (secondary N) is 1. The summed E-state index contributed by atoms with van der Waals surface area (Å²) in [5, 5.41) is 3.46. The van der Waals surface area contributed by atoms with E-state index >= 15 is 0 Å². The summed E-state index contributed by atoms with van der Waals surface area (Å²) in [6, 6.07) is 1.83. The van der Waals surface area contributed by atoms with Crippen LogP contribution in [0.3, 0.4) is 0 Å². The van der Waals surface area contributed by atoms with E-state index in [0.717, 1.165) is 30.0 Å². The highest BCUT2D eigenvalue weighted by atomic mass is 15.1. The van der Waals surface area contributed by atoms with E-state index in [1.54, 1.807) is 0 Å². The van der Waals surface area contributed by atoms with Crippen LogP contribution in [-0.4, -0.2) is 16.5 Å². The van der Waals surface area contributed by atoms with Crippen LogP contribution in [0.4, 0.5) is 11.6 Å². The molecule has 0 spiro atoms. The molecule has 1 fully saturated rings. The summed E-state index contributed by atoms with van der Waals surface area (Å²) < 4.78 is 0. The third-order valence-electron chi connectivity index (χ3n) is 4.03. The molecule has 1 saturated carbocycles. The van der Waals surface area contributed by atoms with Crippen molar-refractivity contribution in [3.8, 4) is 0 Å². The first-order valence-electron chi connectivity index (χ1n) is 7.73. The summed E-state index contributed by atoms with van der Waals surface area (Å²) in [5.41, 5.74) is 5.82. The van der Waals surface area contributed by atoms with Crippen LogP contribution in [-0.2, 0) is 5.41 Å². The molecule has 0 aromatic carbocycles. The quantitative estimate of drug-likeness (QED) is 0.885. The largest absolute Gasteiger partial charge is 0.384 e. The lowest BCUT2D eigenvalue weighted by Gasteiger charge is -2.27. The molecule has 1 aromatic heterocycles. The van der Waals surface area contributed by atoms with Crippen molar-refractivity contribution >= 4 is 11.6 Å². The van der Waals surface area contributed by atoms with Gasteiger partial charge >= 0.3 is 0 Å². The van der Waals surface area contributed by atoms with E-state index in [1.807, 2.05) is 6.07 Å². The zero-order chi connectivity index (χ0) is 14.8. The first kappa shape index (κ1) is 15.1. The fourth-order valence-electron chi connectivity index (χ4n) is 2.89. The second-order valence-corrected chi connectivity index (χ2v) is 7.27. The van der Waals surface area contributed by atoms with Crippen LogP contribution >= 0.6 is 0 Å². The Balaban J connectivity index is 2.00. The molecule has 4 nitrogen and oxygen atoms in total. The molecule has 1 aromatic rings. The highest BCUT2D eigenvalue weighted by Crippen LogP contribution is 2.29. The zero-order valence-electron chi connectivity index (χ0n) is 13.2. The Morgan fingerprint density at radius 3 is 2.70 bits per heavy atom. The number of nitrogens with two attached hydrogens (primary N) is 1. The highest BCUT2D eigenvalue weighted by molar-refractivity contribution is 5.45. The first-order chi connectivity index (χ1) is 9.34. The second-order valence-electron chi connectivity index (χ2n) is 7.27. The normalized spacial score (nSPS) is 23.6. The maximum absolute atomic E-state index is 5.90. The van der Waals surface area contributed by atoms with Crippen molar-refractivity contribution in [2.75, 3.05) is 17.6 Å². The summed E-state index contributed by atoms with van der Waals surface area (Å²) in [5.74, 6) is 3.83. The third-order valence-corrected chi connectivity index (χ3v) is 4.03. The Kier molecular flexibility index (Phi) is 4.51. The number of anilines is 2. The van der Waals surface area contributed by atoms with Crippen LogP contribution in [0.2, 0.25) is 0 Å². The van der Waals surface area contributed by atoms with Gasteiger partial charge in [0.05, 0.1) is 0 Å². The molecule has 4 heteroatoms. The maximum atomic E-state index is 5.90. The molecule has 0 radical (unpaired) electrons. The van der Waals surface area contributed by atoms with Gasteiger partial charge in [0, 0.05) is 18.0 Å². The van der Waals surface area contributed by atoms with Crippen LogP contribution in [0.25, 0.3) is 0 Å². The van der Waals surface area contributed by atoms with Crippen molar-refractivity contribution in [2.24, 2.45) is 11.8 Å². The number of hydrogen-bond donors (Lipinski definition) is 2. The highest BCUT2D eigenvalue weighted by Gasteiger charge is 2.20. The van der Waals surface area contributed by atoms with Gasteiger partial charge in [-0.3, -0.25) is 0 Å². The average Bonchev–Trinajstić information content (AvgIpc) is 2.35. The van der Waals surface area contributed by atoms with Crippen molar-refractivity contribution in [3.05, 3.63) is 11.9 Å². The molecule has 2 unspecified atom stereocenters. The monoisotopic (exact) mass is 276 g/mol. The summed E-state index contributed by atoms with van der Waals surface area (Å²) in [6.07, 6.45) is 5.38. The molecule has 2 rings (SSSR count).